The molecule has 0 unspecified atom stereocenters. The Balaban J connectivity index is 0.000000167. The summed E-state index contributed by atoms with van der Waals surface area (Å²) in [6.45, 7) is 0. The van der Waals surface area contributed by atoms with Crippen LogP contribution in [0.25, 0.3) is 0 Å². The Morgan fingerprint density at radius 2 is 0.818 bits per heavy atom. The molecule has 2 aromatic carbocycles. The largest absolute Gasteiger partial charge is 0.999 e. The molecule has 2 aromatic rings. The van der Waals surface area contributed by atoms with E-state index in [1.165, 1.54) is 0 Å². The van der Waals surface area contributed by atoms with Crippen molar-refractivity contribution in [1.29, 1.82) is 0 Å². The topological polar surface area (TPSA) is 0 Å². The molecule has 1 heteroatoms. The summed E-state index contributed by atoms with van der Waals surface area (Å²) in [5.41, 5.74) is 0. The summed E-state index contributed by atoms with van der Waals surface area (Å²) >= 11 is 0. The molecule has 0 aliphatic rings. The van der Waals surface area contributed by atoms with Crippen molar-refractivity contribution < 1.29 is 16.8 Å². The molecule has 0 bridgehead atoms. The van der Waals surface area contributed by atoms with Gasteiger partial charge < -0.3 is 60.7 Å². The number of hydrogen-bond donors (Lipinski definition) is 0. The van der Waals surface area contributed by atoms with Crippen LogP contribution in [0.3, 0.4) is 0 Å². The Bertz CT molecular complexity index is 144. The summed E-state index contributed by atoms with van der Waals surface area (Å²) in [4.78, 5) is 0. The maximum atomic E-state index is 2.62. The van der Waals surface area contributed by atoms with Crippen molar-refractivity contribution >= 4 is 0 Å². The molecular weight excluding hydrogens is 179 g/mol. The fourth-order valence-electron chi connectivity index (χ4n) is 0.361. The first-order valence-corrected chi connectivity index (χ1v) is 2.65. The van der Waals surface area contributed by atoms with Gasteiger partial charge in [0.15, 0.2) is 0 Å². The average molecular weight is 181 g/mol. The van der Waals surface area contributed by atoms with Gasteiger partial charge in [0, 0.05) is 16.8 Å². The molecular formula is C10H2Co-10. The van der Waals surface area contributed by atoms with Crippen molar-refractivity contribution in [3.8, 4) is 0 Å². The maximum absolute atomic E-state index is 2.62. The Hall–Kier alpha value is -0.794. The van der Waals surface area contributed by atoms with E-state index in [0.29, 0.717) is 0 Å². The average Bonchev–Trinajstić information content (AvgIpc) is 2.67. The second-order valence-electron chi connectivity index (χ2n) is 1.37. The molecule has 0 aliphatic heterocycles. The van der Waals surface area contributed by atoms with Gasteiger partial charge in [0.25, 0.3) is 0 Å². The van der Waals surface area contributed by atoms with Gasteiger partial charge in [0.1, 0.15) is 0 Å². The van der Waals surface area contributed by atoms with Crippen molar-refractivity contribution in [3.05, 3.63) is 60.7 Å². The summed E-state index contributed by atoms with van der Waals surface area (Å²) in [5.74, 6) is 0. The van der Waals surface area contributed by atoms with Crippen LogP contribution in [0.2, 0.25) is 0 Å². The normalized spacial score (nSPS) is 7.27. The SMILES string of the molecule is [Co].[c-]1[c-][c-][cH-][c-]1.[c-]1[c-][c-][cH-][c-]1. The molecule has 61 valence electrons. The zero-order chi connectivity index (χ0) is 7.07. The zero-order valence-electron chi connectivity index (χ0n) is 5.49. The van der Waals surface area contributed by atoms with Crippen molar-refractivity contribution in [2.45, 2.75) is 0 Å². The molecule has 11 heavy (non-hydrogen) atoms. The van der Waals surface area contributed by atoms with Crippen molar-refractivity contribution in [1.82, 2.24) is 0 Å². The van der Waals surface area contributed by atoms with Gasteiger partial charge in [-0.2, -0.15) is 0 Å². The Labute approximate surface area is 77.8 Å². The monoisotopic (exact) mass is 181 g/mol. The van der Waals surface area contributed by atoms with Gasteiger partial charge in [-0.1, -0.05) is 0 Å². The third kappa shape index (κ3) is 5.64. The van der Waals surface area contributed by atoms with Crippen LogP contribution in [-0.4, -0.2) is 0 Å². The van der Waals surface area contributed by atoms with Crippen LogP contribution in [0, 0.1) is 48.5 Å². The summed E-state index contributed by atoms with van der Waals surface area (Å²) in [5, 5.41) is 0. The van der Waals surface area contributed by atoms with E-state index in [1.807, 2.05) is 0 Å². The molecule has 0 nitrogen and oxygen atoms in total. The summed E-state index contributed by atoms with van der Waals surface area (Å²) in [7, 11) is 0. The van der Waals surface area contributed by atoms with E-state index in [0.717, 1.165) is 0 Å². The Morgan fingerprint density at radius 3 is 0.909 bits per heavy atom. The zero-order valence-corrected chi connectivity index (χ0v) is 6.53. The summed E-state index contributed by atoms with van der Waals surface area (Å²) in [6, 6.07) is 24.0. The Morgan fingerprint density at radius 1 is 0.545 bits per heavy atom. The van der Waals surface area contributed by atoms with E-state index in [1.54, 1.807) is 12.1 Å². The molecule has 0 heterocycles. The molecule has 0 N–H and O–H groups in total. The molecule has 0 spiro atoms. The maximum Gasteiger partial charge on any atom is 0 e. The van der Waals surface area contributed by atoms with E-state index in [-0.39, 0.29) is 16.8 Å². The van der Waals surface area contributed by atoms with E-state index in [2.05, 4.69) is 48.5 Å². The van der Waals surface area contributed by atoms with Crippen LogP contribution >= 0.6 is 0 Å². The minimum absolute atomic E-state index is 0. The first kappa shape index (κ1) is 10.2. The first-order chi connectivity index (χ1) is 5.00. The number of rotatable bonds is 0. The van der Waals surface area contributed by atoms with Crippen molar-refractivity contribution in [3.63, 3.8) is 0 Å². The van der Waals surface area contributed by atoms with E-state index in [4.69, 9.17) is 0 Å². The summed E-state index contributed by atoms with van der Waals surface area (Å²) in [6.07, 6.45) is 0. The third-order valence-electron chi connectivity index (χ3n) is 0.702. The smallest absolute Gasteiger partial charge is 0 e. The van der Waals surface area contributed by atoms with E-state index < -0.39 is 0 Å². The molecule has 0 fully saturated rings. The molecule has 0 saturated carbocycles. The minimum atomic E-state index is 0. The van der Waals surface area contributed by atoms with E-state index in [9.17, 15) is 0 Å². The second-order valence-corrected chi connectivity index (χ2v) is 1.37. The second kappa shape index (κ2) is 7.32. The number of hydrogen-bond acceptors (Lipinski definition) is 0. The molecule has 0 aliphatic carbocycles. The van der Waals surface area contributed by atoms with Crippen LogP contribution in [0.4, 0.5) is 0 Å². The van der Waals surface area contributed by atoms with Crippen molar-refractivity contribution in [2.24, 2.45) is 0 Å². The summed E-state index contributed by atoms with van der Waals surface area (Å²) < 4.78 is 0. The van der Waals surface area contributed by atoms with Crippen LogP contribution in [-0.2, 0) is 16.8 Å². The standard InChI is InChI=1S/2C5H.Co/c2*1-2-4-5-3-1;/h2*1H;/q2*-5;. The van der Waals surface area contributed by atoms with E-state index >= 15 is 0 Å². The molecule has 0 amide bonds. The fraction of sp³-hybridized carbons (Fsp3) is 0. The van der Waals surface area contributed by atoms with Crippen LogP contribution in [0.15, 0.2) is 12.1 Å². The van der Waals surface area contributed by atoms with Gasteiger partial charge in [-0.25, -0.2) is 0 Å². The van der Waals surface area contributed by atoms with Crippen LogP contribution < -0.4 is 0 Å². The van der Waals surface area contributed by atoms with Gasteiger partial charge in [-0.15, -0.1) is 0 Å². The molecule has 2 rings (SSSR count). The van der Waals surface area contributed by atoms with Gasteiger partial charge in [0.2, 0.25) is 0 Å². The van der Waals surface area contributed by atoms with Gasteiger partial charge >= 0.3 is 0 Å². The Kier molecular flexibility index (Phi) is 6.79. The quantitative estimate of drug-likeness (QED) is 0.536. The predicted molar refractivity (Wildman–Crippen MR) is 34.8 cm³/mol. The van der Waals surface area contributed by atoms with Crippen LogP contribution in [0.5, 0.6) is 0 Å². The fourth-order valence-corrected chi connectivity index (χ4v) is 0.361. The minimum Gasteiger partial charge on any atom is -0.999 e. The van der Waals surface area contributed by atoms with Gasteiger partial charge in [0.05, 0.1) is 0 Å². The van der Waals surface area contributed by atoms with Crippen molar-refractivity contribution in [2.75, 3.05) is 0 Å². The predicted octanol–water partition coefficient (Wildman–Crippen LogP) is 1.21. The molecule has 0 aromatic heterocycles. The molecule has 1 radical (unpaired) electrons. The molecule has 0 saturated heterocycles. The van der Waals surface area contributed by atoms with Gasteiger partial charge in [-0.3, -0.25) is 0 Å². The third-order valence-corrected chi connectivity index (χ3v) is 0.702. The van der Waals surface area contributed by atoms with Gasteiger partial charge in [-0.05, 0) is 0 Å². The molecule has 0 atom stereocenters. The van der Waals surface area contributed by atoms with Crippen LogP contribution in [0.1, 0.15) is 0 Å². The first-order valence-electron chi connectivity index (χ1n) is 2.65.